The van der Waals surface area contributed by atoms with Crippen molar-refractivity contribution >= 4 is 17.9 Å². The van der Waals surface area contributed by atoms with E-state index in [4.69, 9.17) is 21.2 Å². The lowest BCUT2D eigenvalue weighted by atomic mass is 9.77. The van der Waals surface area contributed by atoms with Crippen LogP contribution in [0.15, 0.2) is 128 Å². The van der Waals surface area contributed by atoms with E-state index >= 15 is 0 Å². The third-order valence-corrected chi connectivity index (χ3v) is 12.1. The zero-order valence-corrected chi connectivity index (χ0v) is 33.2. The molecule has 2 aliphatic rings. The number of carbonyl (C=O) groups excluding carboxylic acids is 3. The minimum atomic E-state index is -1.43. The third-order valence-electron chi connectivity index (χ3n) is 12.1. The summed E-state index contributed by atoms with van der Waals surface area (Å²) in [5.74, 6) is -1.80. The Balaban J connectivity index is 1.31. The van der Waals surface area contributed by atoms with Gasteiger partial charge in [-0.1, -0.05) is 129 Å². The first-order valence-corrected chi connectivity index (χ1v) is 20.7. The van der Waals surface area contributed by atoms with Gasteiger partial charge >= 0.3 is 6.09 Å². The molecule has 12 nitrogen and oxygen atoms in total. The van der Waals surface area contributed by atoms with Crippen molar-refractivity contribution in [1.29, 1.82) is 0 Å². The molecule has 6 N–H and O–H groups in total. The average molecular weight is 799 g/mol. The van der Waals surface area contributed by atoms with Gasteiger partial charge in [0.05, 0.1) is 24.2 Å². The molecule has 0 radical (unpaired) electrons. The van der Waals surface area contributed by atoms with E-state index in [1.165, 1.54) is 4.90 Å². The zero-order valence-electron chi connectivity index (χ0n) is 33.2. The minimum absolute atomic E-state index is 0.0600. The van der Waals surface area contributed by atoms with Crippen LogP contribution in [0.4, 0.5) is 4.79 Å². The van der Waals surface area contributed by atoms with Crippen molar-refractivity contribution in [2.45, 2.75) is 100 Å². The molecule has 0 bridgehead atoms. The van der Waals surface area contributed by atoms with Crippen LogP contribution in [0, 0.1) is 11.8 Å². The Labute approximate surface area is 345 Å². The molecule has 2 aromatic heterocycles. The van der Waals surface area contributed by atoms with Crippen molar-refractivity contribution in [2.24, 2.45) is 23.3 Å². The number of hydrogen-bond donors (Lipinski definition) is 4. The molecule has 2 heterocycles. The van der Waals surface area contributed by atoms with E-state index in [-0.39, 0.29) is 24.7 Å². The van der Waals surface area contributed by atoms with Crippen molar-refractivity contribution in [3.05, 3.63) is 156 Å². The standard InChI is InChI=1S/C47H54N6O6/c48-44(56)40(28-38-30-52(31-51-38)47(35-17-7-2-8-18-35,36-19-9-3-10-20-36)37-21-11-4-12-22-37)53(46(58)59-41(45(49)57)27-33-16-13-25-50-29-33)39(26-32-14-5-1-6-15-32)43(55)42(54)34-23-24-34/h2-4,7-13,16-22,25,29-32,34,39-43,54-55H,1,5-6,14-15,23-24,26-28H2,(H2,48,56)(H2,49,57)/t39-,40?,41?,42-,43+/m0/s1. The Hall–Kier alpha value is -5.85. The summed E-state index contributed by atoms with van der Waals surface area (Å²) in [6.45, 7) is 0. The van der Waals surface area contributed by atoms with Crippen LogP contribution in [0.3, 0.4) is 0 Å². The molecule has 0 spiro atoms. The van der Waals surface area contributed by atoms with Crippen LogP contribution in [0.1, 0.15) is 79.3 Å². The van der Waals surface area contributed by atoms with Gasteiger partial charge in [-0.15, -0.1) is 0 Å². The highest BCUT2D eigenvalue weighted by Crippen LogP contribution is 2.42. The SMILES string of the molecule is NC(=O)C(Cc1cccnc1)OC(=O)N(C(Cc1cn(C(c2ccccc2)(c2ccccc2)c2ccccc2)cn1)C(N)=O)[C@@H](CC1CCCCC1)[C@@H](O)[C@@H](O)C1CC1. The summed E-state index contributed by atoms with van der Waals surface area (Å²) in [5.41, 5.74) is 15.1. The number of aliphatic hydroxyl groups is 2. The summed E-state index contributed by atoms with van der Waals surface area (Å²) < 4.78 is 7.92. The van der Waals surface area contributed by atoms with Gasteiger partial charge in [0.2, 0.25) is 5.91 Å². The molecule has 5 atom stereocenters. The maximum Gasteiger partial charge on any atom is 0.411 e. The first kappa shape index (κ1) is 41.3. The molecule has 2 aliphatic carbocycles. The van der Waals surface area contributed by atoms with E-state index < -0.39 is 53.8 Å². The van der Waals surface area contributed by atoms with Gasteiger partial charge in [-0.05, 0) is 59.4 Å². The molecule has 2 saturated carbocycles. The number of aliphatic hydroxyl groups excluding tert-OH is 2. The second kappa shape index (κ2) is 18.8. The van der Waals surface area contributed by atoms with Crippen molar-refractivity contribution in [3.8, 4) is 0 Å². The molecule has 308 valence electrons. The molecule has 2 unspecified atom stereocenters. The number of primary amides is 2. The largest absolute Gasteiger partial charge is 0.436 e. The van der Waals surface area contributed by atoms with E-state index in [0.29, 0.717) is 17.7 Å². The zero-order chi connectivity index (χ0) is 41.4. The monoisotopic (exact) mass is 798 g/mol. The summed E-state index contributed by atoms with van der Waals surface area (Å²) in [5, 5.41) is 23.5. The van der Waals surface area contributed by atoms with Crippen molar-refractivity contribution in [1.82, 2.24) is 19.4 Å². The Morgan fingerprint density at radius 2 is 1.37 bits per heavy atom. The number of amides is 3. The van der Waals surface area contributed by atoms with E-state index in [1.807, 2.05) is 65.4 Å². The van der Waals surface area contributed by atoms with E-state index in [1.54, 1.807) is 30.9 Å². The second-order valence-corrected chi connectivity index (χ2v) is 16.1. The summed E-state index contributed by atoms with van der Waals surface area (Å²) in [7, 11) is 0. The molecular formula is C47H54N6O6. The molecule has 7 rings (SSSR count). The van der Waals surface area contributed by atoms with Gasteiger partial charge in [0, 0.05) is 31.4 Å². The maximum atomic E-state index is 14.8. The third kappa shape index (κ3) is 9.40. The van der Waals surface area contributed by atoms with Gasteiger partial charge < -0.3 is 31.0 Å². The molecule has 3 amide bonds. The van der Waals surface area contributed by atoms with Crippen molar-refractivity contribution < 1.29 is 29.3 Å². The Morgan fingerprint density at radius 1 is 0.780 bits per heavy atom. The summed E-state index contributed by atoms with van der Waals surface area (Å²) in [6.07, 6.45) is 7.98. The smallest absolute Gasteiger partial charge is 0.411 e. The number of hydrogen-bond acceptors (Lipinski definition) is 8. The number of pyridine rings is 1. The Kier molecular flexibility index (Phi) is 13.2. The van der Waals surface area contributed by atoms with Gasteiger partial charge in [-0.25, -0.2) is 9.78 Å². The van der Waals surface area contributed by atoms with E-state index in [9.17, 15) is 24.6 Å². The van der Waals surface area contributed by atoms with Crippen molar-refractivity contribution in [3.63, 3.8) is 0 Å². The number of imidazole rings is 1. The lowest BCUT2D eigenvalue weighted by molar-refractivity contribution is -0.130. The molecular weight excluding hydrogens is 745 g/mol. The predicted molar refractivity (Wildman–Crippen MR) is 222 cm³/mol. The number of ether oxygens (including phenoxy) is 1. The lowest BCUT2D eigenvalue weighted by Gasteiger charge is -2.42. The Bertz CT molecular complexity index is 2030. The van der Waals surface area contributed by atoms with E-state index in [0.717, 1.165) is 61.6 Å². The van der Waals surface area contributed by atoms with Crippen LogP contribution in [-0.4, -0.2) is 78.0 Å². The fourth-order valence-electron chi connectivity index (χ4n) is 8.91. The topological polar surface area (TPSA) is 187 Å². The number of carbonyl (C=O) groups is 3. The highest BCUT2D eigenvalue weighted by molar-refractivity contribution is 5.86. The number of benzene rings is 3. The van der Waals surface area contributed by atoms with Crippen LogP contribution < -0.4 is 11.5 Å². The molecule has 3 aromatic carbocycles. The maximum absolute atomic E-state index is 14.8. The number of aromatic nitrogens is 3. The molecule has 0 saturated heterocycles. The van der Waals surface area contributed by atoms with Gasteiger partial charge in [-0.3, -0.25) is 19.5 Å². The van der Waals surface area contributed by atoms with Crippen LogP contribution >= 0.6 is 0 Å². The first-order valence-electron chi connectivity index (χ1n) is 20.7. The second-order valence-electron chi connectivity index (χ2n) is 16.1. The molecule has 5 aromatic rings. The highest BCUT2D eigenvalue weighted by Gasteiger charge is 2.47. The fourth-order valence-corrected chi connectivity index (χ4v) is 8.91. The number of rotatable bonds is 18. The van der Waals surface area contributed by atoms with Gasteiger partial charge in [0.25, 0.3) is 5.91 Å². The summed E-state index contributed by atoms with van der Waals surface area (Å²) >= 11 is 0. The predicted octanol–water partition coefficient (Wildman–Crippen LogP) is 5.52. The Morgan fingerprint density at radius 3 is 1.88 bits per heavy atom. The minimum Gasteiger partial charge on any atom is -0.436 e. The first-order chi connectivity index (χ1) is 28.7. The lowest BCUT2D eigenvalue weighted by Crippen LogP contribution is -2.60. The fraction of sp³-hybridized carbons (Fsp3) is 0.383. The quantitative estimate of drug-likeness (QED) is 0.0835. The number of nitrogens with two attached hydrogens (primary N) is 2. The number of nitrogens with zero attached hydrogens (tertiary/aromatic N) is 4. The summed E-state index contributed by atoms with van der Waals surface area (Å²) in [4.78, 5) is 51.6. The van der Waals surface area contributed by atoms with Gasteiger partial charge in [0.15, 0.2) is 6.10 Å². The van der Waals surface area contributed by atoms with Crippen molar-refractivity contribution in [2.75, 3.05) is 0 Å². The summed E-state index contributed by atoms with van der Waals surface area (Å²) in [6, 6.07) is 31.2. The van der Waals surface area contributed by atoms with E-state index in [2.05, 4.69) is 41.4 Å². The van der Waals surface area contributed by atoms with Gasteiger partial charge in [0.1, 0.15) is 17.7 Å². The highest BCUT2D eigenvalue weighted by atomic mass is 16.6. The van der Waals surface area contributed by atoms with Crippen LogP contribution in [0.2, 0.25) is 0 Å². The van der Waals surface area contributed by atoms with Gasteiger partial charge in [-0.2, -0.15) is 0 Å². The average Bonchev–Trinajstić information content (AvgIpc) is 4.02. The van der Waals surface area contributed by atoms with Crippen LogP contribution in [-0.2, 0) is 32.7 Å². The van der Waals surface area contributed by atoms with Crippen LogP contribution in [0.25, 0.3) is 0 Å². The molecule has 59 heavy (non-hydrogen) atoms. The molecule has 2 fully saturated rings. The normalized spacial score (nSPS) is 17.3. The van der Waals surface area contributed by atoms with Crippen LogP contribution in [0.5, 0.6) is 0 Å². The molecule has 12 heteroatoms. The molecule has 0 aliphatic heterocycles.